The fraction of sp³-hybridized carbons (Fsp3) is 0.300. The monoisotopic (exact) mass is 355 g/mol. The number of hydrogen-bond donors (Lipinski definition) is 2. The Labute approximate surface area is 154 Å². The number of ether oxygens (including phenoxy) is 1. The highest BCUT2D eigenvalue weighted by atomic mass is 16.5. The van der Waals surface area contributed by atoms with E-state index in [9.17, 15) is 9.59 Å². The van der Waals surface area contributed by atoms with Crippen molar-refractivity contribution in [1.29, 1.82) is 0 Å². The van der Waals surface area contributed by atoms with Crippen molar-refractivity contribution >= 4 is 23.2 Å². The summed E-state index contributed by atoms with van der Waals surface area (Å²) < 4.78 is 5.57. The summed E-state index contributed by atoms with van der Waals surface area (Å²) in [5.41, 5.74) is 2.09. The Kier molecular flexibility index (Phi) is 6.60. The lowest BCUT2D eigenvalue weighted by Gasteiger charge is -2.12. The number of nitrogens with one attached hydrogen (secondary N) is 2. The fourth-order valence-corrected chi connectivity index (χ4v) is 2.27. The molecular weight excluding hydrogens is 330 g/mol. The Morgan fingerprint density at radius 3 is 2.08 bits per heavy atom. The van der Waals surface area contributed by atoms with E-state index in [0.717, 1.165) is 11.4 Å². The van der Waals surface area contributed by atoms with E-state index >= 15 is 0 Å². The number of amides is 2. The lowest BCUT2D eigenvalue weighted by molar-refractivity contribution is -0.114. The number of hydrogen-bond acceptors (Lipinski definition) is 4. The van der Waals surface area contributed by atoms with Gasteiger partial charge in [0, 0.05) is 31.0 Å². The highest BCUT2D eigenvalue weighted by Gasteiger charge is 2.08. The molecular formula is C20H25N3O3. The third-order valence-electron chi connectivity index (χ3n) is 3.50. The Morgan fingerprint density at radius 2 is 1.54 bits per heavy atom. The molecule has 2 amide bonds. The van der Waals surface area contributed by atoms with Crippen molar-refractivity contribution in [3.63, 3.8) is 0 Å². The topological polar surface area (TPSA) is 70.7 Å². The number of carbonyl (C=O) groups excluding carboxylic acids is 2. The van der Waals surface area contributed by atoms with Gasteiger partial charge >= 0.3 is 0 Å². The van der Waals surface area contributed by atoms with Crippen LogP contribution >= 0.6 is 0 Å². The average molecular weight is 355 g/mol. The molecule has 0 bridgehead atoms. The molecule has 2 aromatic rings. The van der Waals surface area contributed by atoms with Gasteiger partial charge in [0.15, 0.2) is 0 Å². The van der Waals surface area contributed by atoms with Crippen LogP contribution in [0, 0.1) is 0 Å². The van der Waals surface area contributed by atoms with Gasteiger partial charge in [-0.3, -0.25) is 9.59 Å². The number of nitrogens with zero attached hydrogens (tertiary/aromatic N) is 1. The molecule has 26 heavy (non-hydrogen) atoms. The van der Waals surface area contributed by atoms with Crippen LogP contribution in [0.2, 0.25) is 0 Å². The Bertz CT molecular complexity index is 738. The molecule has 2 aromatic carbocycles. The summed E-state index contributed by atoms with van der Waals surface area (Å²) in [6.45, 7) is 4.06. The number of carbonyl (C=O) groups is 2. The Hall–Kier alpha value is -3.02. The number of rotatable bonds is 7. The van der Waals surface area contributed by atoms with E-state index in [0.29, 0.717) is 11.3 Å². The van der Waals surface area contributed by atoms with E-state index < -0.39 is 0 Å². The van der Waals surface area contributed by atoms with E-state index in [2.05, 4.69) is 10.6 Å². The summed E-state index contributed by atoms with van der Waals surface area (Å²) in [4.78, 5) is 25.4. The maximum atomic E-state index is 12.0. The van der Waals surface area contributed by atoms with Crippen molar-refractivity contribution in [2.45, 2.75) is 20.0 Å². The molecule has 0 saturated heterocycles. The molecule has 138 valence electrons. The molecule has 0 aliphatic heterocycles. The minimum Gasteiger partial charge on any atom is -0.491 e. The molecule has 0 saturated carbocycles. The summed E-state index contributed by atoms with van der Waals surface area (Å²) in [5, 5.41) is 5.86. The second-order valence-corrected chi connectivity index (χ2v) is 6.37. The highest BCUT2D eigenvalue weighted by Crippen LogP contribution is 2.17. The van der Waals surface area contributed by atoms with Crippen LogP contribution in [0.1, 0.15) is 24.2 Å². The van der Waals surface area contributed by atoms with Crippen molar-refractivity contribution < 1.29 is 14.3 Å². The van der Waals surface area contributed by atoms with Gasteiger partial charge in [0.25, 0.3) is 5.91 Å². The molecule has 0 fully saturated rings. The van der Waals surface area contributed by atoms with Gasteiger partial charge in [-0.05, 0) is 62.4 Å². The number of anilines is 2. The summed E-state index contributed by atoms with van der Waals surface area (Å²) in [6.07, 6.45) is 0.110. The van der Waals surface area contributed by atoms with Crippen LogP contribution in [0.15, 0.2) is 48.5 Å². The van der Waals surface area contributed by atoms with E-state index in [1.807, 2.05) is 26.0 Å². The zero-order valence-corrected chi connectivity index (χ0v) is 15.6. The summed E-state index contributed by atoms with van der Waals surface area (Å²) in [6, 6.07) is 14.3. The zero-order chi connectivity index (χ0) is 19.1. The van der Waals surface area contributed by atoms with Crippen LogP contribution < -0.4 is 15.4 Å². The van der Waals surface area contributed by atoms with Crippen molar-refractivity contribution in [3.05, 3.63) is 54.1 Å². The van der Waals surface area contributed by atoms with E-state index in [1.54, 1.807) is 50.5 Å². The molecule has 0 aromatic heterocycles. The van der Waals surface area contributed by atoms with Crippen LogP contribution in [0.3, 0.4) is 0 Å². The average Bonchev–Trinajstić information content (AvgIpc) is 2.61. The lowest BCUT2D eigenvalue weighted by Crippen LogP contribution is -2.22. The molecule has 2 N–H and O–H groups in total. The lowest BCUT2D eigenvalue weighted by atomic mass is 10.2. The third kappa shape index (κ3) is 5.81. The quantitative estimate of drug-likeness (QED) is 0.800. The fourth-order valence-electron chi connectivity index (χ4n) is 2.27. The maximum absolute atomic E-state index is 12.0. The highest BCUT2D eigenvalue weighted by molar-refractivity contribution is 5.95. The van der Waals surface area contributed by atoms with Crippen LogP contribution in [-0.4, -0.2) is 43.5 Å². The van der Waals surface area contributed by atoms with Gasteiger partial charge in [-0.1, -0.05) is 0 Å². The number of benzene rings is 2. The molecule has 0 spiro atoms. The van der Waals surface area contributed by atoms with Crippen LogP contribution in [0.5, 0.6) is 5.75 Å². The van der Waals surface area contributed by atoms with Gasteiger partial charge in [0.05, 0.1) is 12.6 Å². The van der Waals surface area contributed by atoms with Gasteiger partial charge in [-0.2, -0.15) is 0 Å². The standard InChI is InChI=1S/C20H25N3O3/c1-14(2)26-18-11-9-17(10-12-18)22-19(24)13-21-16-7-5-15(6-8-16)20(25)23(3)4/h5-12,14,21H,13H2,1-4H3,(H,22,24). The summed E-state index contributed by atoms with van der Waals surface area (Å²) in [5.74, 6) is 0.554. The smallest absolute Gasteiger partial charge is 0.253 e. The van der Waals surface area contributed by atoms with Crippen LogP contribution in [0.4, 0.5) is 11.4 Å². The summed E-state index contributed by atoms with van der Waals surface area (Å²) >= 11 is 0. The van der Waals surface area contributed by atoms with Crippen LogP contribution in [-0.2, 0) is 4.79 Å². The van der Waals surface area contributed by atoms with Gasteiger partial charge < -0.3 is 20.3 Å². The first-order valence-corrected chi connectivity index (χ1v) is 8.47. The van der Waals surface area contributed by atoms with Crippen molar-refractivity contribution in [2.24, 2.45) is 0 Å². The largest absolute Gasteiger partial charge is 0.491 e. The minimum absolute atomic E-state index is 0.0563. The normalized spacial score (nSPS) is 10.3. The Balaban J connectivity index is 1.84. The maximum Gasteiger partial charge on any atom is 0.253 e. The molecule has 0 heterocycles. The minimum atomic E-state index is -0.157. The van der Waals surface area contributed by atoms with E-state index in [-0.39, 0.29) is 24.5 Å². The zero-order valence-electron chi connectivity index (χ0n) is 15.6. The Morgan fingerprint density at radius 1 is 0.962 bits per heavy atom. The molecule has 6 heteroatoms. The second-order valence-electron chi connectivity index (χ2n) is 6.37. The molecule has 6 nitrogen and oxygen atoms in total. The first kappa shape index (κ1) is 19.3. The van der Waals surface area contributed by atoms with E-state index in [1.165, 1.54) is 4.90 Å². The predicted octanol–water partition coefficient (Wildman–Crippen LogP) is 3.23. The molecule has 0 aliphatic rings. The van der Waals surface area contributed by atoms with Gasteiger partial charge in [0.2, 0.25) is 5.91 Å². The summed E-state index contributed by atoms with van der Waals surface area (Å²) in [7, 11) is 3.42. The van der Waals surface area contributed by atoms with Crippen molar-refractivity contribution in [2.75, 3.05) is 31.3 Å². The third-order valence-corrected chi connectivity index (χ3v) is 3.50. The van der Waals surface area contributed by atoms with Crippen molar-refractivity contribution in [3.8, 4) is 5.75 Å². The molecule has 0 atom stereocenters. The van der Waals surface area contributed by atoms with Crippen molar-refractivity contribution in [1.82, 2.24) is 4.90 Å². The predicted molar refractivity (Wildman–Crippen MR) is 104 cm³/mol. The molecule has 2 rings (SSSR count). The SMILES string of the molecule is CC(C)Oc1ccc(NC(=O)CNc2ccc(C(=O)N(C)C)cc2)cc1. The molecule has 0 radical (unpaired) electrons. The first-order valence-electron chi connectivity index (χ1n) is 8.47. The molecule has 0 aliphatic carbocycles. The van der Waals surface area contributed by atoms with Crippen LogP contribution in [0.25, 0.3) is 0 Å². The molecule has 0 unspecified atom stereocenters. The van der Waals surface area contributed by atoms with Gasteiger partial charge in [0.1, 0.15) is 5.75 Å². The van der Waals surface area contributed by atoms with Gasteiger partial charge in [-0.15, -0.1) is 0 Å². The van der Waals surface area contributed by atoms with E-state index in [4.69, 9.17) is 4.74 Å². The van der Waals surface area contributed by atoms with Gasteiger partial charge in [-0.25, -0.2) is 0 Å². The first-order chi connectivity index (χ1) is 12.3. The second kappa shape index (κ2) is 8.89.